The number of nitrogens with one attached hydrogen (secondary N) is 1. The Morgan fingerprint density at radius 2 is 2.15 bits per heavy atom. The second kappa shape index (κ2) is 7.03. The Bertz CT molecular complexity index is 851. The van der Waals surface area contributed by atoms with E-state index in [2.05, 4.69) is 20.4 Å². The first-order valence-corrected chi connectivity index (χ1v) is 8.03. The summed E-state index contributed by atoms with van der Waals surface area (Å²) in [5.74, 6) is -2.51. The third-order valence-corrected chi connectivity index (χ3v) is 3.96. The fraction of sp³-hybridized carbons (Fsp3) is 0.438. The number of alkyl halides is 2. The minimum Gasteiger partial charge on any atom is -0.391 e. The molecule has 1 aliphatic rings. The third-order valence-electron chi connectivity index (χ3n) is 3.96. The van der Waals surface area contributed by atoms with Crippen LogP contribution in [0.25, 0.3) is 5.95 Å². The Hall–Kier alpha value is -3.09. The van der Waals surface area contributed by atoms with Gasteiger partial charge in [0.2, 0.25) is 11.8 Å². The monoisotopic (exact) mass is 362 g/mol. The lowest BCUT2D eigenvalue weighted by molar-refractivity contribution is -0.0399. The van der Waals surface area contributed by atoms with Gasteiger partial charge < -0.3 is 10.1 Å². The average molecular weight is 362 g/mol. The molecular weight excluding hydrogens is 346 g/mol. The van der Waals surface area contributed by atoms with Crippen LogP contribution in [0, 0.1) is 18.3 Å². The Balaban J connectivity index is 1.66. The Morgan fingerprint density at radius 1 is 1.42 bits per heavy atom. The molecular formula is C16H16F2N6O2. The molecule has 1 N–H and O–H groups in total. The summed E-state index contributed by atoms with van der Waals surface area (Å²) in [7, 11) is 0. The number of nitriles is 1. The van der Waals surface area contributed by atoms with Gasteiger partial charge in [0.25, 0.3) is 5.95 Å². The van der Waals surface area contributed by atoms with Gasteiger partial charge in [0.1, 0.15) is 6.07 Å². The van der Waals surface area contributed by atoms with E-state index >= 15 is 0 Å². The lowest BCUT2D eigenvalue weighted by Gasteiger charge is -2.28. The smallest absolute Gasteiger partial charge is 0.391 e. The Kier molecular flexibility index (Phi) is 4.79. The normalized spacial score (nSPS) is 16.7. The quantitative estimate of drug-likeness (QED) is 0.899. The van der Waals surface area contributed by atoms with E-state index in [-0.39, 0.29) is 49.2 Å². The Labute approximate surface area is 147 Å². The first-order valence-electron chi connectivity index (χ1n) is 8.03. The molecule has 1 aliphatic carbocycles. The van der Waals surface area contributed by atoms with Crippen molar-refractivity contribution in [3.05, 3.63) is 29.7 Å². The highest BCUT2D eigenvalue weighted by atomic mass is 19.3. The van der Waals surface area contributed by atoms with E-state index in [1.54, 1.807) is 6.92 Å². The van der Waals surface area contributed by atoms with Crippen LogP contribution >= 0.6 is 0 Å². The van der Waals surface area contributed by atoms with Gasteiger partial charge in [-0.1, -0.05) is 0 Å². The molecule has 0 aliphatic heterocycles. The van der Waals surface area contributed by atoms with Crippen LogP contribution in [0.5, 0.6) is 5.88 Å². The topological polar surface area (TPSA) is 106 Å². The van der Waals surface area contributed by atoms with E-state index in [1.807, 2.05) is 6.07 Å². The van der Waals surface area contributed by atoms with E-state index in [4.69, 9.17) is 10.00 Å². The summed E-state index contributed by atoms with van der Waals surface area (Å²) in [6.45, 7) is 1.69. The standard InChI is InChI=1S/C16H16F2N6O2/c1-10-8-13(22-14(20-10)24-7-4-12(9-19)23-24)26-15(25)21-11-2-5-16(17,18)6-3-11/h4,7-8,11H,2-3,5-6H2,1H3,(H,21,25). The number of nitrogens with zero attached hydrogens (tertiary/aromatic N) is 5. The predicted molar refractivity (Wildman–Crippen MR) is 85.0 cm³/mol. The maximum atomic E-state index is 13.2. The van der Waals surface area contributed by atoms with Gasteiger partial charge in [0.15, 0.2) is 5.69 Å². The molecule has 1 fully saturated rings. The van der Waals surface area contributed by atoms with Crippen molar-refractivity contribution < 1.29 is 18.3 Å². The van der Waals surface area contributed by atoms with Gasteiger partial charge in [-0.15, -0.1) is 0 Å². The van der Waals surface area contributed by atoms with E-state index in [9.17, 15) is 13.6 Å². The summed E-state index contributed by atoms with van der Waals surface area (Å²) < 4.78 is 32.7. The molecule has 0 aromatic carbocycles. The number of hydrogen-bond donors (Lipinski definition) is 1. The van der Waals surface area contributed by atoms with E-state index in [0.29, 0.717) is 5.69 Å². The largest absolute Gasteiger partial charge is 0.414 e. The molecule has 0 radical (unpaired) electrons. The van der Waals surface area contributed by atoms with Crippen LogP contribution in [0.3, 0.4) is 0 Å². The lowest BCUT2D eigenvalue weighted by atomic mass is 9.92. The molecule has 10 heteroatoms. The van der Waals surface area contributed by atoms with Crippen LogP contribution in [0.15, 0.2) is 18.3 Å². The summed E-state index contributed by atoms with van der Waals surface area (Å²) in [6.07, 6.45) is 0.632. The van der Waals surface area contributed by atoms with Crippen molar-refractivity contribution in [1.82, 2.24) is 25.1 Å². The zero-order valence-electron chi connectivity index (χ0n) is 13.9. The first-order chi connectivity index (χ1) is 12.3. The van der Waals surface area contributed by atoms with E-state index < -0.39 is 12.0 Å². The van der Waals surface area contributed by atoms with Gasteiger partial charge in [0, 0.05) is 36.8 Å². The third kappa shape index (κ3) is 4.30. The predicted octanol–water partition coefficient (Wildman–Crippen LogP) is 2.51. The van der Waals surface area contributed by atoms with Crippen LogP contribution in [0.4, 0.5) is 13.6 Å². The van der Waals surface area contributed by atoms with Crippen LogP contribution in [0.1, 0.15) is 37.1 Å². The van der Waals surface area contributed by atoms with Crippen LogP contribution in [-0.4, -0.2) is 37.8 Å². The fourth-order valence-electron chi connectivity index (χ4n) is 2.65. The molecule has 0 bridgehead atoms. The molecule has 3 rings (SSSR count). The van der Waals surface area contributed by atoms with E-state index in [0.717, 1.165) is 0 Å². The molecule has 0 atom stereocenters. The molecule has 0 unspecified atom stereocenters. The molecule has 1 saturated carbocycles. The number of halogens is 2. The molecule has 0 spiro atoms. The van der Waals surface area contributed by atoms with Crippen molar-refractivity contribution in [1.29, 1.82) is 5.26 Å². The van der Waals surface area contributed by atoms with Crippen molar-refractivity contribution in [2.75, 3.05) is 0 Å². The number of aryl methyl sites for hydroxylation is 1. The highest BCUT2D eigenvalue weighted by molar-refractivity contribution is 5.70. The van der Waals surface area contributed by atoms with Gasteiger partial charge >= 0.3 is 6.09 Å². The van der Waals surface area contributed by atoms with Crippen molar-refractivity contribution in [2.24, 2.45) is 0 Å². The molecule has 0 saturated heterocycles. The minimum atomic E-state index is -2.66. The van der Waals surface area contributed by atoms with E-state index in [1.165, 1.54) is 23.0 Å². The summed E-state index contributed by atoms with van der Waals surface area (Å²) in [5, 5.41) is 15.4. The number of hydrogen-bond acceptors (Lipinski definition) is 6. The number of carbonyl (C=O) groups excluding carboxylic acids is 1. The molecule has 26 heavy (non-hydrogen) atoms. The van der Waals surface area contributed by atoms with Crippen LogP contribution < -0.4 is 10.1 Å². The molecule has 2 aromatic rings. The highest BCUT2D eigenvalue weighted by Crippen LogP contribution is 2.33. The van der Waals surface area contributed by atoms with Crippen molar-refractivity contribution in [2.45, 2.75) is 44.6 Å². The fourth-order valence-corrected chi connectivity index (χ4v) is 2.65. The highest BCUT2D eigenvalue weighted by Gasteiger charge is 2.35. The molecule has 136 valence electrons. The number of carbonyl (C=O) groups is 1. The van der Waals surface area contributed by atoms with Gasteiger partial charge in [-0.25, -0.2) is 23.2 Å². The van der Waals surface area contributed by atoms with Gasteiger partial charge in [-0.05, 0) is 25.8 Å². The molecule has 8 nitrogen and oxygen atoms in total. The first kappa shape index (κ1) is 17.7. The van der Waals surface area contributed by atoms with Gasteiger partial charge in [-0.3, -0.25) is 0 Å². The van der Waals surface area contributed by atoms with Gasteiger partial charge in [0.05, 0.1) is 0 Å². The summed E-state index contributed by atoms with van der Waals surface area (Å²) >= 11 is 0. The zero-order valence-corrected chi connectivity index (χ0v) is 13.9. The van der Waals surface area contributed by atoms with Crippen molar-refractivity contribution >= 4 is 6.09 Å². The minimum absolute atomic E-state index is 0.000136. The Morgan fingerprint density at radius 3 is 2.81 bits per heavy atom. The lowest BCUT2D eigenvalue weighted by Crippen LogP contribution is -2.41. The maximum Gasteiger partial charge on any atom is 0.414 e. The van der Waals surface area contributed by atoms with Crippen LogP contribution in [0.2, 0.25) is 0 Å². The summed E-state index contributed by atoms with van der Waals surface area (Å²) in [4.78, 5) is 20.3. The average Bonchev–Trinajstić information content (AvgIpc) is 3.05. The summed E-state index contributed by atoms with van der Waals surface area (Å²) in [5.41, 5.74) is 0.730. The number of ether oxygens (including phenoxy) is 1. The second-order valence-electron chi connectivity index (χ2n) is 6.07. The molecule has 2 aromatic heterocycles. The van der Waals surface area contributed by atoms with Crippen LogP contribution in [-0.2, 0) is 0 Å². The number of amides is 1. The number of rotatable bonds is 3. The van der Waals surface area contributed by atoms with Crippen molar-refractivity contribution in [3.63, 3.8) is 0 Å². The zero-order chi connectivity index (χ0) is 18.7. The summed E-state index contributed by atoms with van der Waals surface area (Å²) in [6, 6.07) is 4.50. The van der Waals surface area contributed by atoms with Gasteiger partial charge in [-0.2, -0.15) is 15.3 Å². The second-order valence-corrected chi connectivity index (χ2v) is 6.07. The number of aromatic nitrogens is 4. The van der Waals surface area contributed by atoms with Crippen molar-refractivity contribution in [3.8, 4) is 17.9 Å². The molecule has 1 amide bonds. The maximum absolute atomic E-state index is 13.2. The SMILES string of the molecule is Cc1cc(OC(=O)NC2CCC(F)(F)CC2)nc(-n2ccc(C#N)n2)n1. The molecule has 2 heterocycles.